The topological polar surface area (TPSA) is 81.9 Å². The molecule has 7 nitrogen and oxygen atoms in total. The van der Waals surface area contributed by atoms with Crippen molar-refractivity contribution in [1.82, 2.24) is 20.0 Å². The summed E-state index contributed by atoms with van der Waals surface area (Å²) >= 11 is 0. The number of benzene rings is 1. The molecule has 2 aromatic heterocycles. The molecular weight excluding hydrogens is 306 g/mol. The molecule has 7 heteroatoms. The van der Waals surface area contributed by atoms with Gasteiger partial charge in [-0.25, -0.2) is 0 Å². The molecule has 1 N–H and O–H groups in total. The number of methoxy groups -OCH3 is 1. The minimum absolute atomic E-state index is 0.154. The van der Waals surface area contributed by atoms with Crippen molar-refractivity contribution in [2.45, 2.75) is 13.5 Å². The van der Waals surface area contributed by atoms with Crippen molar-refractivity contribution < 1.29 is 9.53 Å². The van der Waals surface area contributed by atoms with Crippen LogP contribution >= 0.6 is 0 Å². The number of nitrogens with one attached hydrogen (secondary N) is 1. The molecule has 0 aliphatic carbocycles. The number of pyridine rings is 1. The first kappa shape index (κ1) is 15.7. The summed E-state index contributed by atoms with van der Waals surface area (Å²) in [7, 11) is 1.61. The first-order chi connectivity index (χ1) is 11.7. The molecule has 0 aliphatic heterocycles. The minimum Gasteiger partial charge on any atom is -0.497 e. The Labute approximate surface area is 139 Å². The summed E-state index contributed by atoms with van der Waals surface area (Å²) in [6.45, 7) is 1.93. The number of rotatable bonds is 6. The molecule has 0 spiro atoms. The van der Waals surface area contributed by atoms with Crippen LogP contribution in [0.3, 0.4) is 0 Å². The zero-order chi connectivity index (χ0) is 16.9. The van der Waals surface area contributed by atoms with E-state index in [-0.39, 0.29) is 5.78 Å². The quantitative estimate of drug-likeness (QED) is 0.702. The van der Waals surface area contributed by atoms with Crippen molar-refractivity contribution in [1.29, 1.82) is 0 Å². The smallest absolute Gasteiger partial charge is 0.183 e. The van der Waals surface area contributed by atoms with Gasteiger partial charge in [-0.1, -0.05) is 11.3 Å². The lowest BCUT2D eigenvalue weighted by molar-refractivity contribution is 0.101. The van der Waals surface area contributed by atoms with Crippen LogP contribution in [-0.4, -0.2) is 32.9 Å². The van der Waals surface area contributed by atoms with Gasteiger partial charge < -0.3 is 10.1 Å². The van der Waals surface area contributed by atoms with Crippen LogP contribution in [0, 0.1) is 0 Å². The van der Waals surface area contributed by atoms with E-state index in [1.807, 2.05) is 42.5 Å². The van der Waals surface area contributed by atoms with Crippen molar-refractivity contribution in [2.75, 3.05) is 12.4 Å². The van der Waals surface area contributed by atoms with Gasteiger partial charge in [-0.3, -0.25) is 9.78 Å². The Morgan fingerprint density at radius 2 is 2.00 bits per heavy atom. The van der Waals surface area contributed by atoms with E-state index in [0.717, 1.165) is 17.1 Å². The maximum absolute atomic E-state index is 11.8. The molecule has 0 fully saturated rings. The Balaban J connectivity index is 1.92. The highest BCUT2D eigenvalue weighted by Crippen LogP contribution is 2.21. The second-order valence-electron chi connectivity index (χ2n) is 5.13. The van der Waals surface area contributed by atoms with Gasteiger partial charge in [0.05, 0.1) is 25.0 Å². The molecule has 24 heavy (non-hydrogen) atoms. The van der Waals surface area contributed by atoms with Gasteiger partial charge in [0.2, 0.25) is 0 Å². The van der Waals surface area contributed by atoms with E-state index in [9.17, 15) is 4.79 Å². The number of Topliss-reactive ketones (excluding diaryl/α,β-unsaturated/α-hetero) is 1. The van der Waals surface area contributed by atoms with Crippen molar-refractivity contribution >= 4 is 11.6 Å². The van der Waals surface area contributed by atoms with Gasteiger partial charge in [0.25, 0.3) is 0 Å². The lowest BCUT2D eigenvalue weighted by Crippen LogP contribution is -2.10. The largest absolute Gasteiger partial charge is 0.497 e. The third-order valence-electron chi connectivity index (χ3n) is 3.48. The van der Waals surface area contributed by atoms with Crippen LogP contribution in [0.1, 0.15) is 23.1 Å². The van der Waals surface area contributed by atoms with Crippen LogP contribution in [0.5, 0.6) is 5.75 Å². The number of hydrogen-bond acceptors (Lipinski definition) is 6. The average Bonchev–Trinajstić information content (AvgIpc) is 3.05. The van der Waals surface area contributed by atoms with Crippen LogP contribution in [0.4, 0.5) is 5.82 Å². The third kappa shape index (κ3) is 3.24. The number of carbonyl (C=O) groups excluding carboxylic acids is 1. The molecule has 0 bridgehead atoms. The van der Waals surface area contributed by atoms with E-state index in [1.165, 1.54) is 6.92 Å². The van der Waals surface area contributed by atoms with Crippen LogP contribution in [0.25, 0.3) is 5.69 Å². The molecule has 0 amide bonds. The summed E-state index contributed by atoms with van der Waals surface area (Å²) < 4.78 is 6.76. The van der Waals surface area contributed by atoms with E-state index in [4.69, 9.17) is 4.74 Å². The number of ether oxygens (including phenoxy) is 1. The highest BCUT2D eigenvalue weighted by Gasteiger charge is 2.17. The summed E-state index contributed by atoms with van der Waals surface area (Å²) in [6, 6.07) is 13.0. The first-order valence-corrected chi connectivity index (χ1v) is 7.44. The molecule has 3 rings (SSSR count). The van der Waals surface area contributed by atoms with Gasteiger partial charge in [0.15, 0.2) is 17.3 Å². The van der Waals surface area contributed by atoms with Crippen LogP contribution in [-0.2, 0) is 6.54 Å². The predicted molar refractivity (Wildman–Crippen MR) is 89.5 cm³/mol. The zero-order valence-corrected chi connectivity index (χ0v) is 13.4. The van der Waals surface area contributed by atoms with Crippen LogP contribution in [0.2, 0.25) is 0 Å². The normalized spacial score (nSPS) is 10.4. The fraction of sp³-hybridized carbons (Fsp3) is 0.176. The Morgan fingerprint density at radius 3 is 2.62 bits per heavy atom. The Morgan fingerprint density at radius 1 is 1.21 bits per heavy atom. The molecule has 0 saturated heterocycles. The van der Waals surface area contributed by atoms with Crippen LogP contribution < -0.4 is 10.1 Å². The number of hydrogen-bond donors (Lipinski definition) is 1. The van der Waals surface area contributed by atoms with Crippen LogP contribution in [0.15, 0.2) is 48.7 Å². The predicted octanol–water partition coefficient (Wildman–Crippen LogP) is 2.49. The number of ketones is 1. The second-order valence-corrected chi connectivity index (χ2v) is 5.13. The molecular formula is C17H17N5O2. The van der Waals surface area contributed by atoms with E-state index >= 15 is 0 Å². The Bertz CT molecular complexity index is 828. The lowest BCUT2D eigenvalue weighted by atomic mass is 10.2. The lowest BCUT2D eigenvalue weighted by Gasteiger charge is -2.10. The highest BCUT2D eigenvalue weighted by molar-refractivity contribution is 5.96. The van der Waals surface area contributed by atoms with Crippen molar-refractivity contribution in [3.8, 4) is 11.4 Å². The molecule has 0 saturated carbocycles. The third-order valence-corrected chi connectivity index (χ3v) is 3.48. The summed E-state index contributed by atoms with van der Waals surface area (Å²) in [6.07, 6.45) is 1.72. The summed E-state index contributed by atoms with van der Waals surface area (Å²) in [4.78, 5) is 16.1. The Hall–Kier alpha value is -3.22. The fourth-order valence-corrected chi connectivity index (χ4v) is 2.26. The molecule has 122 valence electrons. The average molecular weight is 323 g/mol. The molecule has 0 aliphatic rings. The first-order valence-electron chi connectivity index (χ1n) is 7.44. The van der Waals surface area contributed by atoms with Crippen molar-refractivity contribution in [2.24, 2.45) is 0 Å². The molecule has 0 unspecified atom stereocenters. The molecule has 0 atom stereocenters. The van der Waals surface area contributed by atoms with Gasteiger partial charge in [0, 0.05) is 13.1 Å². The maximum Gasteiger partial charge on any atom is 0.183 e. The number of nitrogens with zero attached hydrogens (tertiary/aromatic N) is 4. The van der Waals surface area contributed by atoms with Gasteiger partial charge >= 0.3 is 0 Å². The summed E-state index contributed by atoms with van der Waals surface area (Å²) in [5.41, 5.74) is 1.93. The summed E-state index contributed by atoms with van der Waals surface area (Å²) in [5.74, 6) is 1.13. The van der Waals surface area contributed by atoms with Gasteiger partial charge in [0.1, 0.15) is 5.75 Å². The summed E-state index contributed by atoms with van der Waals surface area (Å²) in [5, 5.41) is 11.3. The van der Waals surface area contributed by atoms with E-state index in [1.54, 1.807) is 18.0 Å². The monoisotopic (exact) mass is 323 g/mol. The molecule has 0 radical (unpaired) electrons. The van der Waals surface area contributed by atoms with Gasteiger partial charge in [-0.2, -0.15) is 4.68 Å². The number of carbonyl (C=O) groups is 1. The maximum atomic E-state index is 11.8. The molecule has 3 aromatic rings. The minimum atomic E-state index is -0.154. The molecule has 2 heterocycles. The van der Waals surface area contributed by atoms with E-state index in [0.29, 0.717) is 18.1 Å². The fourth-order valence-electron chi connectivity index (χ4n) is 2.26. The Kier molecular flexibility index (Phi) is 4.51. The van der Waals surface area contributed by atoms with Gasteiger partial charge in [-0.05, 0) is 36.4 Å². The van der Waals surface area contributed by atoms with Crippen molar-refractivity contribution in [3.05, 3.63) is 60.0 Å². The van der Waals surface area contributed by atoms with Crippen molar-refractivity contribution in [3.63, 3.8) is 0 Å². The van der Waals surface area contributed by atoms with E-state index in [2.05, 4.69) is 20.6 Å². The molecule has 1 aromatic carbocycles. The number of aromatic nitrogens is 4. The SMILES string of the molecule is COc1ccc(-n2nnc(C(C)=O)c2NCc2ccccn2)cc1. The highest BCUT2D eigenvalue weighted by atomic mass is 16.5. The number of anilines is 1. The van der Waals surface area contributed by atoms with Gasteiger partial charge in [-0.15, -0.1) is 5.10 Å². The standard InChI is InChI=1S/C17H17N5O2/c1-12(23)16-17(19-11-13-5-3-4-10-18-13)22(21-20-16)14-6-8-15(24-2)9-7-14/h3-10,19H,11H2,1-2H3. The second kappa shape index (κ2) is 6.91. The van der Waals surface area contributed by atoms with E-state index < -0.39 is 0 Å². The zero-order valence-electron chi connectivity index (χ0n) is 13.4.